The molecule has 0 aromatic rings. The third kappa shape index (κ3) is 2.74. The first-order valence-electron chi connectivity index (χ1n) is 12.5. The quantitative estimate of drug-likeness (QED) is 0.631. The van der Waals surface area contributed by atoms with Gasteiger partial charge in [-0.3, -0.25) is 9.59 Å². The molecule has 0 aromatic heterocycles. The van der Waals surface area contributed by atoms with Gasteiger partial charge in [0.2, 0.25) is 0 Å². The number of halogens is 2. The van der Waals surface area contributed by atoms with Crippen LogP contribution < -0.4 is 5.32 Å². The summed E-state index contributed by atoms with van der Waals surface area (Å²) in [5.41, 5.74) is -5.80. The Morgan fingerprint density at radius 1 is 1.29 bits per heavy atom. The van der Waals surface area contributed by atoms with Gasteiger partial charge in [-0.2, -0.15) is 0 Å². The molecule has 5 rings (SSSR count). The van der Waals surface area contributed by atoms with Crippen molar-refractivity contribution in [2.24, 2.45) is 22.7 Å². The van der Waals surface area contributed by atoms with Gasteiger partial charge in [0.1, 0.15) is 6.17 Å². The first-order valence-corrected chi connectivity index (χ1v) is 12.5. The Morgan fingerprint density at radius 3 is 2.71 bits per heavy atom. The largest absolute Gasteiger partial charge is 0.390 e. The molecule has 4 aliphatic carbocycles. The summed E-state index contributed by atoms with van der Waals surface area (Å²) in [6.07, 6.45) is 1.41. The number of nitrogens with one attached hydrogen (secondary N) is 1. The molecule has 0 bridgehead atoms. The molecule has 6 nitrogen and oxygen atoms in total. The number of ether oxygens (including phenoxy) is 2. The summed E-state index contributed by atoms with van der Waals surface area (Å²) in [4.78, 5) is 25.6. The van der Waals surface area contributed by atoms with Gasteiger partial charge >= 0.3 is 0 Å². The topological polar surface area (TPSA) is 84.9 Å². The average molecular weight is 480 g/mol. The first-order chi connectivity index (χ1) is 16.0. The van der Waals surface area contributed by atoms with Gasteiger partial charge in [0.25, 0.3) is 0 Å². The Hall–Kier alpha value is -1.48. The van der Waals surface area contributed by atoms with E-state index in [1.54, 1.807) is 14.0 Å². The summed E-state index contributed by atoms with van der Waals surface area (Å²) >= 11 is 0. The maximum Gasteiger partial charge on any atom is 0.181 e. The number of alkyl halides is 2. The third-order valence-corrected chi connectivity index (χ3v) is 9.70. The molecule has 0 spiro atoms. The lowest BCUT2D eigenvalue weighted by atomic mass is 9.44. The molecule has 1 heterocycles. The van der Waals surface area contributed by atoms with Crippen LogP contribution in [0.4, 0.5) is 8.78 Å². The minimum atomic E-state index is -2.18. The molecule has 0 aromatic carbocycles. The van der Waals surface area contributed by atoms with Crippen molar-refractivity contribution in [2.75, 3.05) is 13.6 Å². The molecule has 3 saturated carbocycles. The van der Waals surface area contributed by atoms with Crippen LogP contribution in [0.5, 0.6) is 0 Å². The normalized spacial score (nSPS) is 51.4. The second-order valence-electron chi connectivity index (χ2n) is 11.2. The Morgan fingerprint density at radius 2 is 2.03 bits per heavy atom. The zero-order valence-electron chi connectivity index (χ0n) is 20.3. The Balaban J connectivity index is 1.61. The summed E-state index contributed by atoms with van der Waals surface area (Å²) in [6, 6.07) is 0. The van der Waals surface area contributed by atoms with Gasteiger partial charge in [0.15, 0.2) is 29.1 Å². The number of rotatable bonds is 5. The summed E-state index contributed by atoms with van der Waals surface area (Å²) < 4.78 is 45.5. The van der Waals surface area contributed by atoms with E-state index in [1.807, 2.05) is 13.8 Å². The van der Waals surface area contributed by atoms with Crippen molar-refractivity contribution in [2.45, 2.75) is 88.8 Å². The van der Waals surface area contributed by atoms with Gasteiger partial charge in [0.05, 0.1) is 18.8 Å². The maximum absolute atomic E-state index is 17.3. The van der Waals surface area contributed by atoms with E-state index >= 15 is 8.78 Å². The van der Waals surface area contributed by atoms with Crippen molar-refractivity contribution < 1.29 is 33.0 Å². The lowest BCUT2D eigenvalue weighted by Gasteiger charge is -2.63. The summed E-state index contributed by atoms with van der Waals surface area (Å²) in [5, 5.41) is 14.4. The molecule has 10 atom stereocenters. The monoisotopic (exact) mass is 479 g/mol. The molecule has 5 aliphatic rings. The number of likely N-dealkylation sites (N-methyl/N-ethyl adjacent to an activating group) is 1. The lowest BCUT2D eigenvalue weighted by molar-refractivity contribution is -0.233. The van der Waals surface area contributed by atoms with Gasteiger partial charge in [-0.15, -0.1) is 0 Å². The van der Waals surface area contributed by atoms with Gasteiger partial charge < -0.3 is 19.9 Å². The molecule has 188 valence electrons. The van der Waals surface area contributed by atoms with E-state index in [1.165, 1.54) is 18.2 Å². The summed E-state index contributed by atoms with van der Waals surface area (Å²) in [5.74, 6) is -1.84. The van der Waals surface area contributed by atoms with Crippen LogP contribution in [-0.4, -0.2) is 66.2 Å². The zero-order valence-corrected chi connectivity index (χ0v) is 20.3. The number of hydrogen-bond acceptors (Lipinski definition) is 6. The van der Waals surface area contributed by atoms with Crippen molar-refractivity contribution in [3.05, 3.63) is 23.8 Å². The van der Waals surface area contributed by atoms with Crippen LogP contribution in [0.15, 0.2) is 23.8 Å². The number of allylic oxidation sites excluding steroid dienone is 4. The number of carbonyl (C=O) groups excluding carboxylic acids is 2. The highest BCUT2D eigenvalue weighted by atomic mass is 19.1. The van der Waals surface area contributed by atoms with Crippen LogP contribution in [0.25, 0.3) is 0 Å². The fraction of sp³-hybridized carbons (Fsp3) is 0.769. The van der Waals surface area contributed by atoms with Crippen molar-refractivity contribution in [1.82, 2.24) is 5.32 Å². The number of hydrogen-bond donors (Lipinski definition) is 2. The Labute approximate surface area is 199 Å². The van der Waals surface area contributed by atoms with E-state index in [-0.39, 0.29) is 36.5 Å². The van der Waals surface area contributed by atoms with Crippen molar-refractivity contribution >= 4 is 11.6 Å². The molecule has 0 radical (unpaired) electrons. The highest BCUT2D eigenvalue weighted by Crippen LogP contribution is 2.72. The van der Waals surface area contributed by atoms with Crippen LogP contribution in [-0.2, 0) is 19.1 Å². The smallest absolute Gasteiger partial charge is 0.181 e. The van der Waals surface area contributed by atoms with Crippen LogP contribution in [0.2, 0.25) is 0 Å². The first kappa shape index (κ1) is 24.2. The summed E-state index contributed by atoms with van der Waals surface area (Å²) in [7, 11) is 1.68. The number of Topliss-reactive ketones (excluding diaryl/α,β-unsaturated/α-hetero) is 1. The maximum atomic E-state index is 17.3. The number of ketones is 2. The van der Waals surface area contributed by atoms with E-state index < -0.39 is 58.6 Å². The fourth-order valence-electron chi connectivity index (χ4n) is 8.18. The predicted octanol–water partition coefficient (Wildman–Crippen LogP) is 2.98. The molecule has 1 unspecified atom stereocenters. The average Bonchev–Trinajstić information content (AvgIpc) is 3.25. The number of carbonyl (C=O) groups is 2. The molecule has 34 heavy (non-hydrogen) atoms. The molecule has 1 aliphatic heterocycles. The van der Waals surface area contributed by atoms with Crippen LogP contribution in [0, 0.1) is 22.7 Å². The SMILES string of the molecule is CCC[C@@H]1O[C@@H]2CC3[C@@H]4C[C@H](F)C5=CC(=O)C=C[C@]5(C)[C@@]4(F)[C@@H](O)C[C@]3(C)[C@]2(C(=O)CNC)O1. The van der Waals surface area contributed by atoms with E-state index in [2.05, 4.69) is 5.32 Å². The van der Waals surface area contributed by atoms with Crippen LogP contribution >= 0.6 is 0 Å². The van der Waals surface area contributed by atoms with Gasteiger partial charge in [-0.1, -0.05) is 26.3 Å². The van der Waals surface area contributed by atoms with Crippen LogP contribution in [0.3, 0.4) is 0 Å². The molecular weight excluding hydrogens is 444 g/mol. The molecule has 4 fully saturated rings. The third-order valence-electron chi connectivity index (χ3n) is 9.70. The number of aliphatic hydroxyl groups excluding tert-OH is 1. The highest BCUT2D eigenvalue weighted by molar-refractivity contribution is 6.01. The van der Waals surface area contributed by atoms with Crippen molar-refractivity contribution in [3.8, 4) is 0 Å². The van der Waals surface area contributed by atoms with E-state index in [0.29, 0.717) is 12.8 Å². The number of aliphatic hydroxyl groups is 1. The highest BCUT2D eigenvalue weighted by Gasteiger charge is 2.79. The zero-order chi connectivity index (χ0) is 24.7. The van der Waals surface area contributed by atoms with E-state index in [9.17, 15) is 14.7 Å². The van der Waals surface area contributed by atoms with E-state index in [0.717, 1.165) is 6.42 Å². The van der Waals surface area contributed by atoms with Crippen molar-refractivity contribution in [3.63, 3.8) is 0 Å². The standard InChI is InChI=1S/C26H35F2NO5/c1-5-6-22-33-21-11-15-16-10-18(27)17-9-14(30)7-8-23(17,2)25(16,28)19(31)12-24(15,3)26(21,34-22)20(32)13-29-4/h7-9,15-16,18-19,21-22,29,31H,5-6,10-13H2,1-4H3/t15?,16-,18-,19-,21+,22+,23-,24-,25-,26+/m0/s1. The Bertz CT molecular complexity index is 969. The minimum absolute atomic E-state index is 0.0135. The van der Waals surface area contributed by atoms with Gasteiger partial charge in [-0.25, -0.2) is 8.78 Å². The van der Waals surface area contributed by atoms with Gasteiger partial charge in [-0.05, 0) is 63.3 Å². The minimum Gasteiger partial charge on any atom is -0.390 e. The van der Waals surface area contributed by atoms with Crippen molar-refractivity contribution in [1.29, 1.82) is 0 Å². The van der Waals surface area contributed by atoms with Crippen LogP contribution in [0.1, 0.15) is 52.9 Å². The molecule has 1 saturated heterocycles. The van der Waals surface area contributed by atoms with Gasteiger partial charge in [0, 0.05) is 16.7 Å². The molecular formula is C26H35F2NO5. The second kappa shape index (κ2) is 7.76. The molecule has 0 amide bonds. The van der Waals surface area contributed by atoms with E-state index in [4.69, 9.17) is 9.47 Å². The predicted molar refractivity (Wildman–Crippen MR) is 120 cm³/mol. The number of fused-ring (bicyclic) bond motifs is 7. The second-order valence-corrected chi connectivity index (χ2v) is 11.2. The fourth-order valence-corrected chi connectivity index (χ4v) is 8.18. The summed E-state index contributed by atoms with van der Waals surface area (Å²) in [6.45, 7) is 5.53. The molecule has 8 heteroatoms. The Kier molecular flexibility index (Phi) is 5.53. The lowest BCUT2D eigenvalue weighted by Crippen LogP contribution is -2.71. The molecule has 2 N–H and O–H groups in total.